The van der Waals surface area contributed by atoms with Crippen molar-refractivity contribution in [3.8, 4) is 0 Å². The molecule has 1 aromatic rings. The Balaban J connectivity index is 2.47. The van der Waals surface area contributed by atoms with Crippen molar-refractivity contribution in [1.82, 2.24) is 10.6 Å². The van der Waals surface area contributed by atoms with Gasteiger partial charge in [-0.25, -0.2) is 4.79 Å². The summed E-state index contributed by atoms with van der Waals surface area (Å²) in [6.45, 7) is 1.72. The van der Waals surface area contributed by atoms with Gasteiger partial charge < -0.3 is 0 Å². The highest BCUT2D eigenvalue weighted by molar-refractivity contribution is 9.10. The molecule has 0 radical (unpaired) electrons. The number of carbonyl (C=O) groups excluding carboxylic acids is 4. The van der Waals surface area contributed by atoms with Crippen molar-refractivity contribution >= 4 is 39.6 Å². The lowest BCUT2D eigenvalue weighted by Gasteiger charge is -2.35. The van der Waals surface area contributed by atoms with Gasteiger partial charge in [-0.1, -0.05) is 53.2 Å². The van der Waals surface area contributed by atoms with E-state index in [1.54, 1.807) is 37.3 Å². The van der Waals surface area contributed by atoms with Crippen molar-refractivity contribution in [2.75, 3.05) is 0 Å². The number of halogens is 1. The molecule has 22 heavy (non-hydrogen) atoms. The van der Waals surface area contributed by atoms with Gasteiger partial charge >= 0.3 is 6.03 Å². The normalized spacial score (nSPS) is 18.4. The Bertz CT molecular complexity index is 610. The fourth-order valence-electron chi connectivity index (χ4n) is 2.38. The standard InChI is InChI=1S/C15H15BrN2O4/c1-2-10(19)8-11(9-6-4-3-5-7-9)15(16)12(20)17-14(22)18-13(15)21/h3-7,11H,2,8H2,1H3,(H2,17,18,20,21,22). The Kier molecular flexibility index (Phi) is 4.75. The lowest BCUT2D eigenvalue weighted by atomic mass is 9.80. The molecule has 1 saturated heterocycles. The molecule has 1 heterocycles. The van der Waals surface area contributed by atoms with E-state index in [4.69, 9.17) is 0 Å². The maximum absolute atomic E-state index is 12.3. The first-order valence-corrected chi connectivity index (χ1v) is 7.61. The van der Waals surface area contributed by atoms with Crippen LogP contribution in [0.4, 0.5) is 4.79 Å². The molecule has 1 aliphatic rings. The van der Waals surface area contributed by atoms with Crippen molar-refractivity contribution in [2.24, 2.45) is 0 Å². The molecule has 7 heteroatoms. The fraction of sp³-hybridized carbons (Fsp3) is 0.333. The third-order valence-corrected chi connectivity index (χ3v) is 4.90. The number of Topliss-reactive ketones (excluding diaryl/α,β-unsaturated/α-hetero) is 1. The van der Waals surface area contributed by atoms with Crippen LogP contribution >= 0.6 is 15.9 Å². The SMILES string of the molecule is CCC(=O)CC(c1ccccc1)C1(Br)C(=O)NC(=O)NC1=O. The number of urea groups is 1. The number of carbonyl (C=O) groups is 4. The number of nitrogens with one attached hydrogen (secondary N) is 2. The van der Waals surface area contributed by atoms with Crippen LogP contribution in [-0.4, -0.2) is 28.0 Å². The van der Waals surface area contributed by atoms with E-state index in [0.717, 1.165) is 0 Å². The second-order valence-corrected chi connectivity index (χ2v) is 6.26. The molecule has 1 aliphatic heterocycles. The van der Waals surface area contributed by atoms with Gasteiger partial charge in [0.25, 0.3) is 11.8 Å². The van der Waals surface area contributed by atoms with Crippen LogP contribution in [0, 0.1) is 0 Å². The zero-order valence-corrected chi connectivity index (χ0v) is 13.5. The quantitative estimate of drug-likeness (QED) is 0.611. The number of ketones is 1. The van der Waals surface area contributed by atoms with E-state index >= 15 is 0 Å². The van der Waals surface area contributed by atoms with E-state index < -0.39 is 28.1 Å². The van der Waals surface area contributed by atoms with Crippen LogP contribution in [0.2, 0.25) is 0 Å². The largest absolute Gasteiger partial charge is 0.328 e. The number of barbiturate groups is 1. The number of hydrogen-bond donors (Lipinski definition) is 2. The number of benzene rings is 1. The van der Waals surface area contributed by atoms with Gasteiger partial charge in [-0.3, -0.25) is 25.0 Å². The summed E-state index contributed by atoms with van der Waals surface area (Å²) >= 11 is 3.19. The summed E-state index contributed by atoms with van der Waals surface area (Å²) in [5.41, 5.74) is 0.667. The van der Waals surface area contributed by atoms with Gasteiger partial charge in [0, 0.05) is 18.8 Å². The van der Waals surface area contributed by atoms with E-state index in [0.29, 0.717) is 12.0 Å². The van der Waals surface area contributed by atoms with Gasteiger partial charge in [0.1, 0.15) is 5.78 Å². The number of alkyl halides is 1. The molecular formula is C15H15BrN2O4. The Morgan fingerprint density at radius 3 is 2.18 bits per heavy atom. The van der Waals surface area contributed by atoms with Crippen molar-refractivity contribution in [3.05, 3.63) is 35.9 Å². The molecule has 4 amide bonds. The van der Waals surface area contributed by atoms with Crippen LogP contribution in [0.25, 0.3) is 0 Å². The van der Waals surface area contributed by atoms with E-state index in [9.17, 15) is 19.2 Å². The predicted molar refractivity (Wildman–Crippen MR) is 82.4 cm³/mol. The van der Waals surface area contributed by atoms with Crippen LogP contribution in [0.15, 0.2) is 30.3 Å². The van der Waals surface area contributed by atoms with E-state index in [1.807, 2.05) is 0 Å². The maximum Gasteiger partial charge on any atom is 0.328 e. The lowest BCUT2D eigenvalue weighted by molar-refractivity contribution is -0.134. The van der Waals surface area contributed by atoms with Crippen molar-refractivity contribution in [2.45, 2.75) is 30.0 Å². The molecule has 0 spiro atoms. The molecule has 0 saturated carbocycles. The molecule has 0 aromatic heterocycles. The Morgan fingerprint density at radius 1 is 1.14 bits per heavy atom. The Hall–Kier alpha value is -2.02. The van der Waals surface area contributed by atoms with Gasteiger partial charge in [-0.15, -0.1) is 0 Å². The van der Waals surface area contributed by atoms with Crippen LogP contribution < -0.4 is 10.6 Å². The molecule has 1 unspecified atom stereocenters. The van der Waals surface area contributed by atoms with Crippen LogP contribution in [0.5, 0.6) is 0 Å². The molecule has 1 aromatic carbocycles. The highest BCUT2D eigenvalue weighted by Gasteiger charge is 2.54. The summed E-state index contributed by atoms with van der Waals surface area (Å²) in [6.07, 6.45) is 0.315. The first kappa shape index (κ1) is 16.4. The summed E-state index contributed by atoms with van der Waals surface area (Å²) < 4.78 is -1.70. The minimum absolute atomic E-state index is 0.0147. The van der Waals surface area contributed by atoms with Crippen LogP contribution in [-0.2, 0) is 14.4 Å². The average Bonchev–Trinajstić information content (AvgIpc) is 2.50. The molecule has 1 fully saturated rings. The molecule has 0 bridgehead atoms. The van der Waals surface area contributed by atoms with E-state index in [2.05, 4.69) is 26.6 Å². The monoisotopic (exact) mass is 366 g/mol. The van der Waals surface area contributed by atoms with Crippen LogP contribution in [0.1, 0.15) is 31.2 Å². The lowest BCUT2D eigenvalue weighted by Crippen LogP contribution is -2.66. The molecule has 2 rings (SSSR count). The van der Waals surface area contributed by atoms with Crippen molar-refractivity contribution < 1.29 is 19.2 Å². The smallest absolute Gasteiger partial charge is 0.300 e. The van der Waals surface area contributed by atoms with Gasteiger partial charge in [0.2, 0.25) is 0 Å². The second kappa shape index (κ2) is 6.39. The first-order chi connectivity index (χ1) is 10.4. The summed E-state index contributed by atoms with van der Waals surface area (Å²) in [6, 6.07) is 7.95. The number of imide groups is 2. The number of hydrogen-bond acceptors (Lipinski definition) is 4. The van der Waals surface area contributed by atoms with Crippen LogP contribution in [0.3, 0.4) is 0 Å². The van der Waals surface area contributed by atoms with E-state index in [1.165, 1.54) is 0 Å². The minimum atomic E-state index is -1.70. The zero-order valence-electron chi connectivity index (χ0n) is 11.9. The molecular weight excluding hydrogens is 352 g/mol. The average molecular weight is 367 g/mol. The number of amides is 4. The molecule has 2 N–H and O–H groups in total. The van der Waals surface area contributed by atoms with Gasteiger partial charge in [0.15, 0.2) is 4.32 Å². The highest BCUT2D eigenvalue weighted by Crippen LogP contribution is 2.40. The summed E-state index contributed by atoms with van der Waals surface area (Å²) in [7, 11) is 0. The Morgan fingerprint density at radius 2 is 1.68 bits per heavy atom. The summed E-state index contributed by atoms with van der Waals surface area (Å²) in [4.78, 5) is 47.7. The van der Waals surface area contributed by atoms with Gasteiger partial charge in [0.05, 0.1) is 0 Å². The van der Waals surface area contributed by atoms with E-state index in [-0.39, 0.29) is 12.2 Å². The van der Waals surface area contributed by atoms with Crippen molar-refractivity contribution in [3.63, 3.8) is 0 Å². The Labute approximate surface area is 135 Å². The predicted octanol–water partition coefficient (Wildman–Crippen LogP) is 1.64. The molecule has 6 nitrogen and oxygen atoms in total. The third-order valence-electron chi connectivity index (χ3n) is 3.62. The summed E-state index contributed by atoms with van der Waals surface area (Å²) in [5, 5.41) is 4.15. The third kappa shape index (κ3) is 2.94. The zero-order chi connectivity index (χ0) is 16.3. The first-order valence-electron chi connectivity index (χ1n) is 6.82. The maximum atomic E-state index is 12.3. The topological polar surface area (TPSA) is 92.3 Å². The summed E-state index contributed by atoms with van der Waals surface area (Å²) in [5.74, 6) is -2.32. The molecule has 1 atom stereocenters. The highest BCUT2D eigenvalue weighted by atomic mass is 79.9. The molecule has 116 valence electrons. The van der Waals surface area contributed by atoms with Gasteiger partial charge in [-0.2, -0.15) is 0 Å². The van der Waals surface area contributed by atoms with Crippen molar-refractivity contribution in [1.29, 1.82) is 0 Å². The number of rotatable bonds is 5. The fourth-order valence-corrected chi connectivity index (χ4v) is 3.01. The second-order valence-electron chi connectivity index (χ2n) is 5.01. The minimum Gasteiger partial charge on any atom is -0.300 e. The molecule has 0 aliphatic carbocycles. The van der Waals surface area contributed by atoms with Gasteiger partial charge in [-0.05, 0) is 5.56 Å².